The summed E-state index contributed by atoms with van der Waals surface area (Å²) in [5.41, 5.74) is 0.933. The Bertz CT molecular complexity index is 663. The van der Waals surface area contributed by atoms with Gasteiger partial charge in [0.05, 0.1) is 19.4 Å². The largest absolute Gasteiger partial charge is 0.466 e. The zero-order valence-corrected chi connectivity index (χ0v) is 13.4. The number of unbranched alkanes of at least 4 members (excludes halogenated alkanes) is 1. The lowest BCUT2D eigenvalue weighted by Crippen LogP contribution is -2.10. The molecule has 0 bridgehead atoms. The van der Waals surface area contributed by atoms with Crippen molar-refractivity contribution in [2.45, 2.75) is 39.2 Å². The zero-order valence-electron chi connectivity index (χ0n) is 13.4. The van der Waals surface area contributed by atoms with Crippen molar-refractivity contribution < 1.29 is 19.1 Å². The quantitative estimate of drug-likeness (QED) is 0.546. The van der Waals surface area contributed by atoms with Gasteiger partial charge >= 0.3 is 11.9 Å². The molecule has 0 amide bonds. The van der Waals surface area contributed by atoms with Crippen molar-refractivity contribution in [2.24, 2.45) is 0 Å². The summed E-state index contributed by atoms with van der Waals surface area (Å²) in [6, 6.07) is 14.0. The van der Waals surface area contributed by atoms with Crippen molar-refractivity contribution >= 4 is 22.7 Å². The van der Waals surface area contributed by atoms with E-state index in [0.717, 1.165) is 29.2 Å². The van der Waals surface area contributed by atoms with Crippen LogP contribution in [0.1, 0.15) is 38.2 Å². The van der Waals surface area contributed by atoms with Crippen LogP contribution >= 0.6 is 0 Å². The highest BCUT2D eigenvalue weighted by molar-refractivity contribution is 5.83. The van der Waals surface area contributed by atoms with Gasteiger partial charge in [-0.2, -0.15) is 0 Å². The first-order chi connectivity index (χ1) is 11.2. The van der Waals surface area contributed by atoms with Crippen LogP contribution in [-0.2, 0) is 25.7 Å². The number of fused-ring (bicyclic) bond motifs is 1. The van der Waals surface area contributed by atoms with E-state index in [2.05, 4.69) is 0 Å². The number of carbonyl (C=O) groups is 2. The Morgan fingerprint density at radius 1 is 0.913 bits per heavy atom. The highest BCUT2D eigenvalue weighted by Gasteiger charge is 2.09. The van der Waals surface area contributed by atoms with E-state index in [0.29, 0.717) is 6.61 Å². The molecule has 4 nitrogen and oxygen atoms in total. The Hall–Kier alpha value is -2.36. The van der Waals surface area contributed by atoms with E-state index in [1.54, 1.807) is 0 Å². The van der Waals surface area contributed by atoms with Gasteiger partial charge in [-0.3, -0.25) is 9.59 Å². The highest BCUT2D eigenvalue weighted by atomic mass is 16.5. The molecule has 0 heterocycles. The average molecular weight is 314 g/mol. The van der Waals surface area contributed by atoms with E-state index in [4.69, 9.17) is 9.47 Å². The Kier molecular flexibility index (Phi) is 6.60. The molecule has 0 unspecified atom stereocenters. The SMILES string of the molecule is CCCCOC(=O)CCC(=O)OCc1ccc2ccccc2c1. The fourth-order valence-corrected chi connectivity index (χ4v) is 2.17. The molecule has 2 rings (SSSR count). The van der Waals surface area contributed by atoms with Gasteiger partial charge in [0.15, 0.2) is 0 Å². The molecular formula is C19H22O4. The normalized spacial score (nSPS) is 10.5. The van der Waals surface area contributed by atoms with E-state index in [9.17, 15) is 9.59 Å². The van der Waals surface area contributed by atoms with Gasteiger partial charge < -0.3 is 9.47 Å². The Labute approximate surface area is 136 Å². The summed E-state index contributed by atoms with van der Waals surface area (Å²) in [5.74, 6) is -0.730. The van der Waals surface area contributed by atoms with Gasteiger partial charge in [0.25, 0.3) is 0 Å². The van der Waals surface area contributed by atoms with Crippen molar-refractivity contribution in [3.63, 3.8) is 0 Å². The predicted octanol–water partition coefficient (Wildman–Crippen LogP) is 4.01. The summed E-state index contributed by atoms with van der Waals surface area (Å²) >= 11 is 0. The number of carbonyl (C=O) groups excluding carboxylic acids is 2. The number of hydrogen-bond acceptors (Lipinski definition) is 4. The van der Waals surface area contributed by atoms with E-state index in [1.165, 1.54) is 0 Å². The molecule has 0 fully saturated rings. The van der Waals surface area contributed by atoms with Gasteiger partial charge in [-0.25, -0.2) is 0 Å². The summed E-state index contributed by atoms with van der Waals surface area (Å²) in [5, 5.41) is 2.26. The first kappa shape index (κ1) is 17.0. The number of esters is 2. The molecule has 0 spiro atoms. The van der Waals surface area contributed by atoms with E-state index in [1.807, 2.05) is 49.4 Å². The van der Waals surface area contributed by atoms with Crippen LogP contribution in [0.2, 0.25) is 0 Å². The fraction of sp³-hybridized carbons (Fsp3) is 0.368. The van der Waals surface area contributed by atoms with Crippen LogP contribution in [0.3, 0.4) is 0 Å². The number of ether oxygens (including phenoxy) is 2. The summed E-state index contributed by atoms with van der Waals surface area (Å²) in [6.07, 6.45) is 1.94. The maximum Gasteiger partial charge on any atom is 0.306 e. The molecule has 2 aromatic rings. The fourth-order valence-electron chi connectivity index (χ4n) is 2.17. The van der Waals surface area contributed by atoms with Crippen molar-refractivity contribution in [3.05, 3.63) is 48.0 Å². The maximum absolute atomic E-state index is 11.7. The molecule has 0 aliphatic carbocycles. The molecule has 4 heteroatoms. The smallest absolute Gasteiger partial charge is 0.306 e. The standard InChI is InChI=1S/C19H22O4/c1-2-3-12-22-18(20)10-11-19(21)23-14-15-8-9-16-6-4-5-7-17(16)13-15/h4-9,13H,2-3,10-12,14H2,1H3. The van der Waals surface area contributed by atoms with Crippen LogP contribution in [0.15, 0.2) is 42.5 Å². The van der Waals surface area contributed by atoms with Crippen LogP contribution in [0.4, 0.5) is 0 Å². The third kappa shape index (κ3) is 5.74. The minimum absolute atomic E-state index is 0.0541. The van der Waals surface area contributed by atoms with Gasteiger partial charge in [0.2, 0.25) is 0 Å². The lowest BCUT2D eigenvalue weighted by atomic mass is 10.1. The molecule has 0 saturated carbocycles. The van der Waals surface area contributed by atoms with Crippen LogP contribution in [0, 0.1) is 0 Å². The van der Waals surface area contributed by atoms with E-state index >= 15 is 0 Å². The zero-order chi connectivity index (χ0) is 16.5. The maximum atomic E-state index is 11.7. The van der Waals surface area contributed by atoms with Gasteiger partial charge in [0.1, 0.15) is 6.61 Å². The molecule has 0 aliphatic heterocycles. The number of hydrogen-bond donors (Lipinski definition) is 0. The third-order valence-corrected chi connectivity index (χ3v) is 3.51. The summed E-state index contributed by atoms with van der Waals surface area (Å²) < 4.78 is 10.2. The van der Waals surface area contributed by atoms with Crippen molar-refractivity contribution in [1.29, 1.82) is 0 Å². The number of benzene rings is 2. The van der Waals surface area contributed by atoms with Crippen molar-refractivity contribution in [2.75, 3.05) is 6.61 Å². The van der Waals surface area contributed by atoms with Gasteiger partial charge in [0, 0.05) is 0 Å². The average Bonchev–Trinajstić information content (AvgIpc) is 2.58. The summed E-state index contributed by atoms with van der Waals surface area (Å²) in [7, 11) is 0. The van der Waals surface area contributed by atoms with Gasteiger partial charge in [-0.1, -0.05) is 49.7 Å². The molecule has 0 saturated heterocycles. The molecule has 23 heavy (non-hydrogen) atoms. The second kappa shape index (κ2) is 8.93. The Morgan fingerprint density at radius 2 is 1.61 bits per heavy atom. The lowest BCUT2D eigenvalue weighted by molar-refractivity contribution is -0.151. The monoisotopic (exact) mass is 314 g/mol. The molecule has 0 radical (unpaired) electrons. The third-order valence-electron chi connectivity index (χ3n) is 3.51. The minimum Gasteiger partial charge on any atom is -0.466 e. The first-order valence-corrected chi connectivity index (χ1v) is 7.98. The topological polar surface area (TPSA) is 52.6 Å². The van der Waals surface area contributed by atoms with Crippen LogP contribution in [0.5, 0.6) is 0 Å². The predicted molar refractivity (Wildman–Crippen MR) is 88.8 cm³/mol. The van der Waals surface area contributed by atoms with Crippen LogP contribution in [0.25, 0.3) is 10.8 Å². The summed E-state index contributed by atoms with van der Waals surface area (Å²) in [4.78, 5) is 23.1. The first-order valence-electron chi connectivity index (χ1n) is 7.98. The van der Waals surface area contributed by atoms with Crippen molar-refractivity contribution in [3.8, 4) is 0 Å². The van der Waals surface area contributed by atoms with Gasteiger partial charge in [-0.05, 0) is 28.8 Å². The lowest BCUT2D eigenvalue weighted by Gasteiger charge is -2.07. The molecule has 0 N–H and O–H groups in total. The Balaban J connectivity index is 1.74. The second-order valence-corrected chi connectivity index (χ2v) is 5.42. The molecule has 0 aliphatic rings. The molecule has 0 aromatic heterocycles. The van der Waals surface area contributed by atoms with Gasteiger partial charge in [-0.15, -0.1) is 0 Å². The Morgan fingerprint density at radius 3 is 2.35 bits per heavy atom. The molecule has 2 aromatic carbocycles. The van der Waals surface area contributed by atoms with Crippen LogP contribution < -0.4 is 0 Å². The van der Waals surface area contributed by atoms with Crippen molar-refractivity contribution in [1.82, 2.24) is 0 Å². The molecular weight excluding hydrogens is 292 g/mol. The highest BCUT2D eigenvalue weighted by Crippen LogP contribution is 2.16. The molecule has 0 atom stereocenters. The molecule has 122 valence electrons. The second-order valence-electron chi connectivity index (χ2n) is 5.42. The summed E-state index contributed by atoms with van der Waals surface area (Å²) in [6.45, 7) is 2.66. The minimum atomic E-state index is -0.384. The van der Waals surface area contributed by atoms with Crippen LogP contribution in [-0.4, -0.2) is 18.5 Å². The van der Waals surface area contributed by atoms with E-state index < -0.39 is 0 Å². The number of rotatable bonds is 8. The van der Waals surface area contributed by atoms with E-state index in [-0.39, 0.29) is 31.4 Å².